The molecule has 4 aliphatic heterocycles. The van der Waals surface area contributed by atoms with Gasteiger partial charge in [0.15, 0.2) is 0 Å². The summed E-state index contributed by atoms with van der Waals surface area (Å²) in [7, 11) is 3.66. The number of thiazole rings is 1. The fourth-order valence-corrected chi connectivity index (χ4v) is 11.0. The Kier molecular flexibility index (Phi) is 12.0. The zero-order valence-electron chi connectivity index (χ0n) is 37.4. The zero-order chi connectivity index (χ0) is 45.3. The van der Waals surface area contributed by atoms with Crippen molar-refractivity contribution < 1.29 is 41.8 Å². The van der Waals surface area contributed by atoms with Crippen molar-refractivity contribution in [2.24, 2.45) is 17.3 Å². The van der Waals surface area contributed by atoms with Gasteiger partial charge in [0, 0.05) is 64.2 Å². The Balaban J connectivity index is 1.23. The van der Waals surface area contributed by atoms with E-state index in [1.165, 1.54) is 20.9 Å². The van der Waals surface area contributed by atoms with E-state index in [1.54, 1.807) is 19.2 Å². The number of methoxy groups -OCH3 is 1. The van der Waals surface area contributed by atoms with Gasteiger partial charge in [0.25, 0.3) is 5.91 Å². The van der Waals surface area contributed by atoms with E-state index < -0.39 is 42.3 Å². The number of nitrogens with one attached hydrogen (secondary N) is 2. The SMILES string of the molecule is CO[C@@H](C)c1nc2c(cc1-c1c3c4cc(ccc4n1CC(F)(F)F)-c1csc(n1)C[C@H](NC(=O)[C@H]1C[C@@H]1C)C(=O)N1CCC[C@H](N1)C(=O)OCC(C)(C)C3)C1(CCN(C)CC1)COC2. The minimum absolute atomic E-state index is 0.0472. The van der Waals surface area contributed by atoms with Crippen LogP contribution in [0.3, 0.4) is 0 Å². The molecule has 5 aliphatic rings. The number of amides is 2. The lowest BCUT2D eigenvalue weighted by atomic mass is 9.71. The van der Waals surface area contributed by atoms with E-state index in [9.17, 15) is 14.4 Å². The second-order valence-electron chi connectivity index (χ2n) is 19.6. The van der Waals surface area contributed by atoms with Crippen molar-refractivity contribution in [2.75, 3.05) is 47.0 Å². The number of hydrogen-bond donors (Lipinski definition) is 2. The highest BCUT2D eigenvalue weighted by Gasteiger charge is 2.44. The van der Waals surface area contributed by atoms with Crippen LogP contribution in [0.5, 0.6) is 0 Å². The topological polar surface area (TPSA) is 140 Å². The highest BCUT2D eigenvalue weighted by molar-refractivity contribution is 7.10. The summed E-state index contributed by atoms with van der Waals surface area (Å²) in [6.07, 6.45) is -1.45. The molecular formula is C47H58F3N7O6S. The minimum Gasteiger partial charge on any atom is -0.464 e. The predicted molar refractivity (Wildman–Crippen MR) is 235 cm³/mol. The summed E-state index contributed by atoms with van der Waals surface area (Å²) in [5.74, 6) is -1.03. The third-order valence-corrected chi connectivity index (χ3v) is 14.9. The maximum atomic E-state index is 15.0. The van der Waals surface area contributed by atoms with E-state index in [0.717, 1.165) is 43.6 Å². The van der Waals surface area contributed by atoms with Gasteiger partial charge in [-0.3, -0.25) is 24.4 Å². The van der Waals surface area contributed by atoms with Gasteiger partial charge >= 0.3 is 12.1 Å². The lowest BCUT2D eigenvalue weighted by Gasteiger charge is -2.44. The second kappa shape index (κ2) is 17.1. The molecule has 0 radical (unpaired) electrons. The second-order valence-corrected chi connectivity index (χ2v) is 20.5. The first-order valence-electron chi connectivity index (χ1n) is 22.5. The van der Waals surface area contributed by atoms with E-state index in [-0.39, 0.29) is 48.5 Å². The number of esters is 1. The highest BCUT2D eigenvalue weighted by Crippen LogP contribution is 2.47. The maximum absolute atomic E-state index is 15.0. The minimum atomic E-state index is -4.59. The number of cyclic esters (lactones) is 1. The van der Waals surface area contributed by atoms with Crippen molar-refractivity contribution in [3.63, 3.8) is 0 Å². The van der Waals surface area contributed by atoms with Crippen LogP contribution in [0.1, 0.15) is 93.4 Å². The zero-order valence-corrected chi connectivity index (χ0v) is 38.2. The summed E-state index contributed by atoms with van der Waals surface area (Å²) in [4.78, 5) is 53.8. The standard InChI is InChI=1S/C47H58F3N7O6S/c1-26-16-29(26)42(58)53-35-19-39-51-37(22-64-39)28-9-10-38-30(17-28)32(20-45(3,4)24-63-44(60)34-8-7-13-57(54-34)43(35)59)41(56(38)23-47(48,49)50)31-18-33-36(52-40(31)27(2)61-6)21-62-25-46(33)11-14-55(5)15-12-46/h9-10,17-18,22,26-27,29,34-35,54H,7-8,11-16,19-21,23-25H2,1-6H3,(H,53,58)/t26-,27-,29-,34-,35-/m0/s1. The van der Waals surface area contributed by atoms with Crippen LogP contribution in [0, 0.1) is 17.3 Å². The molecular weight excluding hydrogens is 848 g/mol. The number of piperidine rings is 1. The van der Waals surface area contributed by atoms with Gasteiger partial charge in [-0.15, -0.1) is 11.3 Å². The van der Waals surface area contributed by atoms with Gasteiger partial charge in [-0.2, -0.15) is 13.2 Å². The number of carbonyl (C=O) groups excluding carboxylic acids is 3. The van der Waals surface area contributed by atoms with Crippen LogP contribution >= 0.6 is 11.3 Å². The van der Waals surface area contributed by atoms with Crippen molar-refractivity contribution in [2.45, 2.75) is 116 Å². The third-order valence-electron chi connectivity index (χ3n) is 14.0. The number of halogens is 3. The summed E-state index contributed by atoms with van der Waals surface area (Å²) in [5, 5.41) is 7.50. The van der Waals surface area contributed by atoms with Crippen LogP contribution in [-0.4, -0.2) is 107 Å². The molecule has 0 unspecified atom stereocenters. The molecule has 7 heterocycles. The molecule has 6 bridgehead atoms. The molecule has 1 saturated carbocycles. The van der Waals surface area contributed by atoms with Gasteiger partial charge in [0.1, 0.15) is 18.6 Å². The number of nitrogens with zero attached hydrogens (tertiary/aromatic N) is 5. The van der Waals surface area contributed by atoms with Crippen LogP contribution in [0.2, 0.25) is 0 Å². The van der Waals surface area contributed by atoms with Gasteiger partial charge in [-0.05, 0) is 101 Å². The van der Waals surface area contributed by atoms with E-state index in [2.05, 4.69) is 28.8 Å². The van der Waals surface area contributed by atoms with Crippen LogP contribution < -0.4 is 10.7 Å². The molecule has 344 valence electrons. The Bertz CT molecular complexity index is 2460. The Hall–Kier alpha value is -4.42. The lowest BCUT2D eigenvalue weighted by Crippen LogP contribution is -2.60. The molecule has 5 atom stereocenters. The quantitative estimate of drug-likeness (QED) is 0.197. The lowest BCUT2D eigenvalue weighted by molar-refractivity contribution is -0.155. The first kappa shape index (κ1) is 44.8. The summed E-state index contributed by atoms with van der Waals surface area (Å²) < 4.78 is 64.7. The van der Waals surface area contributed by atoms with Crippen LogP contribution in [0.4, 0.5) is 13.2 Å². The molecule has 9 rings (SSSR count). The summed E-state index contributed by atoms with van der Waals surface area (Å²) in [6.45, 7) is 9.27. The number of benzene rings is 1. The molecule has 2 N–H and O–H groups in total. The van der Waals surface area contributed by atoms with Crippen molar-refractivity contribution in [1.29, 1.82) is 0 Å². The maximum Gasteiger partial charge on any atom is 0.406 e. The average molecular weight is 906 g/mol. The monoisotopic (exact) mass is 905 g/mol. The molecule has 1 aromatic carbocycles. The Morgan fingerprint density at radius 2 is 1.89 bits per heavy atom. The van der Waals surface area contributed by atoms with Gasteiger partial charge in [0.05, 0.1) is 53.7 Å². The van der Waals surface area contributed by atoms with Crippen molar-refractivity contribution in [1.82, 2.24) is 35.2 Å². The van der Waals surface area contributed by atoms with Gasteiger partial charge < -0.3 is 29.0 Å². The van der Waals surface area contributed by atoms with Gasteiger partial charge in [-0.1, -0.05) is 26.8 Å². The normalized spacial score (nSPS) is 25.4. The molecule has 3 fully saturated rings. The molecule has 64 heavy (non-hydrogen) atoms. The smallest absolute Gasteiger partial charge is 0.406 e. The largest absolute Gasteiger partial charge is 0.464 e. The highest BCUT2D eigenvalue weighted by atomic mass is 32.1. The van der Waals surface area contributed by atoms with Gasteiger partial charge in [0.2, 0.25) is 5.91 Å². The number of hydrogen-bond acceptors (Lipinski definition) is 11. The van der Waals surface area contributed by atoms with Crippen molar-refractivity contribution in [3.8, 4) is 22.5 Å². The molecule has 13 nitrogen and oxygen atoms in total. The van der Waals surface area contributed by atoms with E-state index >= 15 is 13.2 Å². The van der Waals surface area contributed by atoms with Gasteiger partial charge in [-0.25, -0.2) is 10.4 Å². The molecule has 3 aromatic heterocycles. The fraction of sp³-hybridized carbons (Fsp3) is 0.596. The summed E-state index contributed by atoms with van der Waals surface area (Å²) in [6, 6.07) is 5.74. The number of hydrazine groups is 1. The average Bonchev–Trinajstić information content (AvgIpc) is 3.71. The Labute approximate surface area is 375 Å². The molecule has 2 amide bonds. The number of likely N-dealkylation sites (tertiary alicyclic amines) is 1. The first-order valence-corrected chi connectivity index (χ1v) is 23.4. The molecule has 17 heteroatoms. The van der Waals surface area contributed by atoms with Crippen LogP contribution in [0.15, 0.2) is 29.6 Å². The fourth-order valence-electron chi connectivity index (χ4n) is 10.1. The van der Waals surface area contributed by atoms with E-state index in [4.69, 9.17) is 24.2 Å². The van der Waals surface area contributed by atoms with E-state index in [1.807, 2.05) is 39.1 Å². The number of alkyl halides is 3. The first-order chi connectivity index (χ1) is 30.4. The number of aromatic nitrogens is 3. The van der Waals surface area contributed by atoms with Crippen LogP contribution in [0.25, 0.3) is 33.4 Å². The number of fused-ring (bicyclic) bond motifs is 8. The summed E-state index contributed by atoms with van der Waals surface area (Å²) >= 11 is 1.35. The number of rotatable bonds is 6. The molecule has 4 aromatic rings. The number of pyridine rings is 1. The molecule has 1 spiro atoms. The van der Waals surface area contributed by atoms with Crippen molar-refractivity contribution in [3.05, 3.63) is 57.2 Å². The summed E-state index contributed by atoms with van der Waals surface area (Å²) in [5.41, 5.74) is 7.57. The van der Waals surface area contributed by atoms with E-state index in [0.29, 0.717) is 82.3 Å². The Morgan fingerprint density at radius 3 is 2.61 bits per heavy atom. The Morgan fingerprint density at radius 1 is 1.12 bits per heavy atom. The number of carbonyl (C=O) groups is 3. The molecule has 2 saturated heterocycles. The molecule has 1 aliphatic carbocycles. The van der Waals surface area contributed by atoms with Crippen molar-refractivity contribution >= 4 is 40.0 Å². The number of ether oxygens (including phenoxy) is 3. The predicted octanol–water partition coefficient (Wildman–Crippen LogP) is 6.89. The third kappa shape index (κ3) is 8.82. The van der Waals surface area contributed by atoms with Crippen LogP contribution in [-0.2, 0) is 60.0 Å².